The Labute approximate surface area is 112 Å². The molecule has 0 saturated carbocycles. The van der Waals surface area contributed by atoms with E-state index in [1.807, 2.05) is 13.8 Å². The van der Waals surface area contributed by atoms with Gasteiger partial charge < -0.3 is 10.4 Å². The lowest BCUT2D eigenvalue weighted by atomic mass is 10.2. The molecule has 0 bridgehead atoms. The maximum Gasteiger partial charge on any atom is 0.0558 e. The predicted octanol–water partition coefficient (Wildman–Crippen LogP) is 2.75. The molecular weight excluding hydrogens is 224 g/mol. The van der Waals surface area contributed by atoms with Crippen molar-refractivity contribution in [3.05, 3.63) is 29.8 Å². The number of aryl methyl sites for hydroxylation is 1. The highest BCUT2D eigenvalue weighted by molar-refractivity contribution is 5.44. The van der Waals surface area contributed by atoms with Crippen molar-refractivity contribution in [1.82, 2.24) is 4.90 Å². The highest BCUT2D eigenvalue weighted by atomic mass is 16.3. The molecule has 18 heavy (non-hydrogen) atoms. The standard InChI is InChI=1S/C13H22N2O.C2H6/c1-3-15(10-11-16)9-8-14-13-6-4-12(2)5-7-13;1-2/h4-7,14,16H,3,8-11H2,1-2H3;1-2H3. The predicted molar refractivity (Wildman–Crippen MR) is 80.2 cm³/mol. The number of aliphatic hydroxyl groups is 1. The average molecular weight is 252 g/mol. The Hall–Kier alpha value is -1.06. The number of nitrogens with zero attached hydrogens (tertiary/aromatic N) is 1. The zero-order chi connectivity index (χ0) is 13.8. The summed E-state index contributed by atoms with van der Waals surface area (Å²) >= 11 is 0. The van der Waals surface area contributed by atoms with Crippen LogP contribution in [0.5, 0.6) is 0 Å². The lowest BCUT2D eigenvalue weighted by Crippen LogP contribution is -2.31. The van der Waals surface area contributed by atoms with Gasteiger partial charge in [-0.25, -0.2) is 0 Å². The molecule has 2 N–H and O–H groups in total. The molecule has 0 radical (unpaired) electrons. The van der Waals surface area contributed by atoms with Crippen LogP contribution < -0.4 is 5.32 Å². The number of rotatable bonds is 7. The number of hydrogen-bond donors (Lipinski definition) is 2. The molecule has 0 aliphatic carbocycles. The third kappa shape index (κ3) is 7.30. The number of hydrogen-bond acceptors (Lipinski definition) is 3. The van der Waals surface area contributed by atoms with E-state index in [0.29, 0.717) is 0 Å². The van der Waals surface area contributed by atoms with Crippen molar-refractivity contribution in [3.8, 4) is 0 Å². The van der Waals surface area contributed by atoms with Crippen LogP contribution in [0.25, 0.3) is 0 Å². The van der Waals surface area contributed by atoms with Gasteiger partial charge in [-0.3, -0.25) is 4.90 Å². The molecule has 0 spiro atoms. The first-order valence-corrected chi connectivity index (χ1v) is 6.90. The van der Waals surface area contributed by atoms with Gasteiger partial charge in [-0.2, -0.15) is 0 Å². The Balaban J connectivity index is 0.00000137. The third-order valence-corrected chi connectivity index (χ3v) is 2.67. The van der Waals surface area contributed by atoms with Gasteiger partial charge in [0.2, 0.25) is 0 Å². The van der Waals surface area contributed by atoms with Crippen LogP contribution in [-0.2, 0) is 0 Å². The molecule has 0 unspecified atom stereocenters. The molecule has 1 aromatic rings. The normalized spacial score (nSPS) is 9.89. The van der Waals surface area contributed by atoms with Crippen LogP contribution in [0.4, 0.5) is 5.69 Å². The number of anilines is 1. The number of nitrogens with one attached hydrogen (secondary N) is 1. The monoisotopic (exact) mass is 252 g/mol. The van der Waals surface area contributed by atoms with E-state index < -0.39 is 0 Å². The van der Waals surface area contributed by atoms with Crippen molar-refractivity contribution in [2.24, 2.45) is 0 Å². The van der Waals surface area contributed by atoms with E-state index in [4.69, 9.17) is 5.11 Å². The molecule has 0 aliphatic rings. The van der Waals surface area contributed by atoms with Gasteiger partial charge in [-0.1, -0.05) is 38.5 Å². The van der Waals surface area contributed by atoms with E-state index in [0.717, 1.165) is 31.9 Å². The molecule has 0 heterocycles. The first-order chi connectivity index (χ1) is 8.76. The summed E-state index contributed by atoms with van der Waals surface area (Å²) in [6.07, 6.45) is 0. The quantitative estimate of drug-likeness (QED) is 0.783. The van der Waals surface area contributed by atoms with Crippen LogP contribution in [0.2, 0.25) is 0 Å². The van der Waals surface area contributed by atoms with Crippen molar-refractivity contribution in [2.75, 3.05) is 38.1 Å². The van der Waals surface area contributed by atoms with Gasteiger partial charge >= 0.3 is 0 Å². The van der Waals surface area contributed by atoms with Gasteiger partial charge in [0.15, 0.2) is 0 Å². The topological polar surface area (TPSA) is 35.5 Å². The summed E-state index contributed by atoms with van der Waals surface area (Å²) in [5, 5.41) is 12.2. The van der Waals surface area contributed by atoms with E-state index in [-0.39, 0.29) is 6.61 Å². The summed E-state index contributed by atoms with van der Waals surface area (Å²) in [4.78, 5) is 2.22. The van der Waals surface area contributed by atoms with Gasteiger partial charge in [0.1, 0.15) is 0 Å². The molecule has 0 aromatic heterocycles. The zero-order valence-corrected chi connectivity index (χ0v) is 12.2. The summed E-state index contributed by atoms with van der Waals surface area (Å²) in [6, 6.07) is 8.40. The fourth-order valence-electron chi connectivity index (χ4n) is 1.60. The summed E-state index contributed by atoms with van der Waals surface area (Å²) in [7, 11) is 0. The van der Waals surface area contributed by atoms with E-state index in [2.05, 4.69) is 48.3 Å². The summed E-state index contributed by atoms with van der Waals surface area (Å²) in [5.74, 6) is 0. The summed E-state index contributed by atoms with van der Waals surface area (Å²) < 4.78 is 0. The van der Waals surface area contributed by atoms with E-state index in [9.17, 15) is 0 Å². The Bertz CT molecular complexity index is 285. The second-order valence-corrected chi connectivity index (χ2v) is 3.95. The minimum absolute atomic E-state index is 0.234. The molecular formula is C15H28N2O. The SMILES string of the molecule is CC.CCN(CCO)CCNc1ccc(C)cc1. The maximum atomic E-state index is 8.85. The smallest absolute Gasteiger partial charge is 0.0558 e. The number of likely N-dealkylation sites (N-methyl/N-ethyl adjacent to an activating group) is 1. The van der Waals surface area contributed by atoms with Crippen molar-refractivity contribution in [1.29, 1.82) is 0 Å². The molecule has 104 valence electrons. The van der Waals surface area contributed by atoms with Crippen LogP contribution in [0.1, 0.15) is 26.3 Å². The highest BCUT2D eigenvalue weighted by Crippen LogP contribution is 2.07. The molecule has 1 aromatic carbocycles. The van der Waals surface area contributed by atoms with Gasteiger partial charge in [0.25, 0.3) is 0 Å². The Kier molecular flexibility index (Phi) is 10.4. The Morgan fingerprint density at radius 2 is 1.72 bits per heavy atom. The first kappa shape index (κ1) is 16.9. The molecule has 3 heteroatoms. The van der Waals surface area contributed by atoms with Gasteiger partial charge in [-0.05, 0) is 25.6 Å². The fourth-order valence-corrected chi connectivity index (χ4v) is 1.60. The number of benzene rings is 1. The highest BCUT2D eigenvalue weighted by Gasteiger charge is 2.00. The van der Waals surface area contributed by atoms with Crippen LogP contribution in [0.15, 0.2) is 24.3 Å². The van der Waals surface area contributed by atoms with Crippen molar-refractivity contribution >= 4 is 5.69 Å². The first-order valence-electron chi connectivity index (χ1n) is 6.90. The van der Waals surface area contributed by atoms with Crippen LogP contribution in [0.3, 0.4) is 0 Å². The lowest BCUT2D eigenvalue weighted by molar-refractivity contribution is 0.206. The number of aliphatic hydroxyl groups excluding tert-OH is 1. The van der Waals surface area contributed by atoms with Crippen molar-refractivity contribution in [3.63, 3.8) is 0 Å². The summed E-state index contributed by atoms with van der Waals surface area (Å²) in [6.45, 7) is 12.0. The molecule has 0 saturated heterocycles. The molecule has 0 atom stereocenters. The van der Waals surface area contributed by atoms with E-state index >= 15 is 0 Å². The van der Waals surface area contributed by atoms with Crippen molar-refractivity contribution < 1.29 is 5.11 Å². The zero-order valence-electron chi connectivity index (χ0n) is 12.2. The Morgan fingerprint density at radius 1 is 1.11 bits per heavy atom. The van der Waals surface area contributed by atoms with E-state index in [1.54, 1.807) is 0 Å². The van der Waals surface area contributed by atoms with Crippen LogP contribution in [0, 0.1) is 6.92 Å². The van der Waals surface area contributed by atoms with Crippen LogP contribution in [-0.4, -0.2) is 42.8 Å². The molecule has 0 amide bonds. The minimum Gasteiger partial charge on any atom is -0.395 e. The van der Waals surface area contributed by atoms with Crippen LogP contribution >= 0.6 is 0 Å². The second-order valence-electron chi connectivity index (χ2n) is 3.95. The summed E-state index contributed by atoms with van der Waals surface area (Å²) in [5.41, 5.74) is 2.44. The molecule has 1 rings (SSSR count). The fraction of sp³-hybridized carbons (Fsp3) is 0.600. The third-order valence-electron chi connectivity index (χ3n) is 2.67. The van der Waals surface area contributed by atoms with Gasteiger partial charge in [-0.15, -0.1) is 0 Å². The maximum absolute atomic E-state index is 8.85. The molecule has 3 nitrogen and oxygen atoms in total. The largest absolute Gasteiger partial charge is 0.395 e. The van der Waals surface area contributed by atoms with Crippen molar-refractivity contribution in [2.45, 2.75) is 27.7 Å². The molecule has 0 aliphatic heterocycles. The molecule has 0 fully saturated rings. The van der Waals surface area contributed by atoms with Gasteiger partial charge in [0, 0.05) is 25.3 Å². The minimum atomic E-state index is 0.234. The van der Waals surface area contributed by atoms with Gasteiger partial charge in [0.05, 0.1) is 6.61 Å². The Morgan fingerprint density at radius 3 is 2.22 bits per heavy atom. The van der Waals surface area contributed by atoms with E-state index in [1.165, 1.54) is 5.56 Å². The average Bonchev–Trinajstić information content (AvgIpc) is 2.42. The lowest BCUT2D eigenvalue weighted by Gasteiger charge is -2.19. The second kappa shape index (κ2) is 11.1.